The SMILES string of the molecule is COC(=O)CCCCN1C(=O)[C@](O)([C@H](C)/C=C/CC(=O)N2Cc3ccccc3C[C@H]2CO)c2cc(Cl)ccc21. The minimum absolute atomic E-state index is 0.0763. The van der Waals surface area contributed by atoms with Gasteiger partial charge in [0, 0.05) is 42.4 Å². The monoisotopic (exact) mass is 554 g/mol. The molecule has 0 unspecified atom stereocenters. The number of rotatable bonds is 10. The molecule has 2 amide bonds. The van der Waals surface area contributed by atoms with E-state index in [1.165, 1.54) is 12.0 Å². The van der Waals surface area contributed by atoms with Gasteiger partial charge in [-0.3, -0.25) is 14.4 Å². The quantitative estimate of drug-likeness (QED) is 0.263. The van der Waals surface area contributed by atoms with E-state index in [2.05, 4.69) is 4.74 Å². The number of aliphatic hydroxyl groups is 2. The van der Waals surface area contributed by atoms with Crippen LogP contribution in [-0.2, 0) is 37.7 Å². The highest BCUT2D eigenvalue weighted by Crippen LogP contribution is 2.46. The van der Waals surface area contributed by atoms with Crippen molar-refractivity contribution in [2.75, 3.05) is 25.2 Å². The van der Waals surface area contributed by atoms with Crippen LogP contribution in [0.25, 0.3) is 0 Å². The molecule has 2 aromatic carbocycles. The fourth-order valence-electron chi connectivity index (χ4n) is 5.45. The van der Waals surface area contributed by atoms with E-state index in [0.29, 0.717) is 48.6 Å². The zero-order chi connectivity index (χ0) is 28.2. The molecular formula is C30H35ClN2O6. The van der Waals surface area contributed by atoms with Crippen molar-refractivity contribution in [1.29, 1.82) is 0 Å². The molecule has 0 bridgehead atoms. The van der Waals surface area contributed by atoms with Gasteiger partial charge in [0.05, 0.1) is 25.4 Å². The first-order valence-electron chi connectivity index (χ1n) is 13.3. The third-order valence-corrected chi connectivity index (χ3v) is 7.97. The summed E-state index contributed by atoms with van der Waals surface area (Å²) in [6, 6.07) is 12.6. The second-order valence-electron chi connectivity index (χ2n) is 10.2. The number of hydrogen-bond donors (Lipinski definition) is 2. The topological polar surface area (TPSA) is 107 Å². The smallest absolute Gasteiger partial charge is 0.305 e. The van der Waals surface area contributed by atoms with Gasteiger partial charge in [-0.15, -0.1) is 0 Å². The number of hydrogen-bond acceptors (Lipinski definition) is 6. The Morgan fingerprint density at radius 3 is 2.67 bits per heavy atom. The van der Waals surface area contributed by atoms with E-state index in [-0.39, 0.29) is 37.4 Å². The van der Waals surface area contributed by atoms with Crippen molar-refractivity contribution in [3.63, 3.8) is 0 Å². The molecule has 0 aromatic heterocycles. The number of benzene rings is 2. The average Bonchev–Trinajstić information content (AvgIpc) is 3.16. The predicted octanol–water partition coefficient (Wildman–Crippen LogP) is 3.75. The molecule has 0 spiro atoms. The highest BCUT2D eigenvalue weighted by molar-refractivity contribution is 6.31. The number of amides is 2. The predicted molar refractivity (Wildman–Crippen MR) is 148 cm³/mol. The number of nitrogens with zero attached hydrogens (tertiary/aromatic N) is 2. The van der Waals surface area contributed by atoms with Gasteiger partial charge in [-0.25, -0.2) is 0 Å². The number of carbonyl (C=O) groups excluding carboxylic acids is 3. The fraction of sp³-hybridized carbons (Fsp3) is 0.433. The Kier molecular flexibility index (Phi) is 9.10. The zero-order valence-corrected chi connectivity index (χ0v) is 23.1. The molecule has 2 aliphatic rings. The Morgan fingerprint density at radius 1 is 1.21 bits per heavy atom. The molecule has 4 rings (SSSR count). The lowest BCUT2D eigenvalue weighted by Gasteiger charge is -2.36. The third-order valence-electron chi connectivity index (χ3n) is 7.73. The molecule has 0 saturated carbocycles. The summed E-state index contributed by atoms with van der Waals surface area (Å²) >= 11 is 6.24. The second-order valence-corrected chi connectivity index (χ2v) is 10.6. The molecule has 3 atom stereocenters. The summed E-state index contributed by atoms with van der Waals surface area (Å²) in [5.74, 6) is -1.55. The summed E-state index contributed by atoms with van der Waals surface area (Å²) in [5, 5.41) is 22.1. The number of aliphatic hydroxyl groups excluding tert-OH is 1. The van der Waals surface area contributed by atoms with E-state index in [0.717, 1.165) is 11.1 Å². The van der Waals surface area contributed by atoms with Crippen LogP contribution in [0, 0.1) is 5.92 Å². The summed E-state index contributed by atoms with van der Waals surface area (Å²) in [5.41, 5.74) is 1.36. The van der Waals surface area contributed by atoms with Crippen molar-refractivity contribution in [3.8, 4) is 0 Å². The van der Waals surface area contributed by atoms with Gasteiger partial charge in [-0.1, -0.05) is 54.9 Å². The van der Waals surface area contributed by atoms with Crippen LogP contribution in [-0.4, -0.2) is 59.2 Å². The van der Waals surface area contributed by atoms with Crippen LogP contribution in [0.15, 0.2) is 54.6 Å². The number of methoxy groups -OCH3 is 1. The minimum atomic E-state index is -1.85. The molecule has 2 aromatic rings. The van der Waals surface area contributed by atoms with E-state index in [1.54, 1.807) is 42.2 Å². The van der Waals surface area contributed by atoms with Crippen LogP contribution in [0.2, 0.25) is 5.02 Å². The molecule has 2 aliphatic heterocycles. The van der Waals surface area contributed by atoms with Crippen LogP contribution >= 0.6 is 11.6 Å². The largest absolute Gasteiger partial charge is 0.469 e. The van der Waals surface area contributed by atoms with E-state index in [1.807, 2.05) is 24.3 Å². The lowest BCUT2D eigenvalue weighted by Crippen LogP contribution is -2.46. The first-order chi connectivity index (χ1) is 18.7. The van der Waals surface area contributed by atoms with Crippen LogP contribution in [0.4, 0.5) is 5.69 Å². The highest BCUT2D eigenvalue weighted by Gasteiger charge is 2.52. The minimum Gasteiger partial charge on any atom is -0.469 e. The number of carbonyl (C=O) groups is 3. The van der Waals surface area contributed by atoms with E-state index in [4.69, 9.17) is 11.6 Å². The maximum atomic E-state index is 13.6. The molecule has 0 aliphatic carbocycles. The number of ether oxygens (including phenoxy) is 1. The fourth-order valence-corrected chi connectivity index (χ4v) is 5.63. The molecule has 0 saturated heterocycles. The van der Waals surface area contributed by atoms with Gasteiger partial charge in [0.1, 0.15) is 0 Å². The van der Waals surface area contributed by atoms with Crippen molar-refractivity contribution >= 4 is 35.1 Å². The Bertz CT molecular complexity index is 1260. The Morgan fingerprint density at radius 2 is 1.95 bits per heavy atom. The number of halogens is 1. The van der Waals surface area contributed by atoms with Crippen molar-refractivity contribution < 1.29 is 29.3 Å². The Balaban J connectivity index is 1.46. The lowest BCUT2D eigenvalue weighted by atomic mass is 9.83. The van der Waals surface area contributed by atoms with Crippen LogP contribution in [0.1, 0.15) is 49.3 Å². The maximum absolute atomic E-state index is 13.6. The first kappa shape index (κ1) is 28.8. The van der Waals surface area contributed by atoms with E-state index < -0.39 is 17.4 Å². The van der Waals surface area contributed by atoms with E-state index >= 15 is 0 Å². The molecule has 2 N–H and O–H groups in total. The highest BCUT2D eigenvalue weighted by atomic mass is 35.5. The van der Waals surface area contributed by atoms with Gasteiger partial charge >= 0.3 is 5.97 Å². The first-order valence-corrected chi connectivity index (χ1v) is 13.6. The number of unbranched alkanes of at least 4 members (excludes halogenated alkanes) is 1. The van der Waals surface area contributed by atoms with Gasteiger partial charge in [0.2, 0.25) is 5.91 Å². The molecular weight excluding hydrogens is 520 g/mol. The third kappa shape index (κ3) is 5.88. The normalized spacial score (nSPS) is 21.2. The van der Waals surface area contributed by atoms with Crippen molar-refractivity contribution in [1.82, 2.24) is 4.90 Å². The maximum Gasteiger partial charge on any atom is 0.305 e. The summed E-state index contributed by atoms with van der Waals surface area (Å²) in [4.78, 5) is 41.3. The van der Waals surface area contributed by atoms with Crippen LogP contribution < -0.4 is 4.90 Å². The summed E-state index contributed by atoms with van der Waals surface area (Å²) in [6.07, 6.45) is 5.40. The zero-order valence-electron chi connectivity index (χ0n) is 22.3. The average molecular weight is 555 g/mol. The van der Waals surface area contributed by atoms with E-state index in [9.17, 15) is 24.6 Å². The van der Waals surface area contributed by atoms with Crippen molar-refractivity contribution in [2.24, 2.45) is 5.92 Å². The van der Waals surface area contributed by atoms with Gasteiger partial charge in [0.15, 0.2) is 5.60 Å². The van der Waals surface area contributed by atoms with Gasteiger partial charge in [-0.05, 0) is 48.6 Å². The Labute approximate surface area is 233 Å². The lowest BCUT2D eigenvalue weighted by molar-refractivity contribution is -0.140. The van der Waals surface area contributed by atoms with Gasteiger partial charge in [0.25, 0.3) is 5.91 Å². The molecule has 39 heavy (non-hydrogen) atoms. The Hall–Kier alpha value is -3.20. The summed E-state index contributed by atoms with van der Waals surface area (Å²) in [6.45, 7) is 2.38. The number of esters is 1. The summed E-state index contributed by atoms with van der Waals surface area (Å²) in [7, 11) is 1.34. The number of fused-ring (bicyclic) bond motifs is 2. The molecule has 0 fully saturated rings. The van der Waals surface area contributed by atoms with Crippen LogP contribution in [0.3, 0.4) is 0 Å². The van der Waals surface area contributed by atoms with Gasteiger partial charge < -0.3 is 24.7 Å². The molecule has 208 valence electrons. The van der Waals surface area contributed by atoms with Crippen LogP contribution in [0.5, 0.6) is 0 Å². The molecule has 8 nitrogen and oxygen atoms in total. The standard InChI is InChI=1S/C30H35ClN2O6/c1-20(8-7-11-27(35)33-18-22-10-4-3-9-21(22)16-24(33)19-34)30(38)25-17-23(31)13-14-26(25)32(29(30)37)15-6-5-12-28(36)39-2/h3-4,7-10,13-14,17,20,24,34,38H,5-6,11-12,15-16,18-19H2,1-2H3/b8-7+/t20-,24+,30+/m1/s1. The molecule has 2 heterocycles. The second kappa shape index (κ2) is 12.3. The summed E-state index contributed by atoms with van der Waals surface area (Å²) < 4.78 is 4.68. The van der Waals surface area contributed by atoms with Gasteiger partial charge in [-0.2, -0.15) is 0 Å². The molecule has 0 radical (unpaired) electrons. The van der Waals surface area contributed by atoms with Crippen molar-refractivity contribution in [2.45, 2.75) is 57.2 Å². The number of anilines is 1. The molecule has 9 heteroatoms. The van der Waals surface area contributed by atoms with Crippen molar-refractivity contribution in [3.05, 3.63) is 76.3 Å².